The second-order valence-corrected chi connectivity index (χ2v) is 11.3. The van der Waals surface area contributed by atoms with Gasteiger partial charge in [0.2, 0.25) is 0 Å². The Morgan fingerprint density at radius 2 is 0.973 bits per heavy atom. The minimum absolute atomic E-state index is 0.315. The molecule has 0 heteroatoms. The van der Waals surface area contributed by atoms with Gasteiger partial charge < -0.3 is 0 Å². The van der Waals surface area contributed by atoms with Crippen molar-refractivity contribution in [3.8, 4) is 11.1 Å². The van der Waals surface area contributed by atoms with Crippen LogP contribution in [-0.2, 0) is 18.3 Å². The Morgan fingerprint density at radius 3 is 1.35 bits per heavy atom. The summed E-state index contributed by atoms with van der Waals surface area (Å²) in [5.41, 5.74) is 16.7. The Morgan fingerprint density at radius 1 is 0.541 bits per heavy atom. The molecule has 0 N–H and O–H groups in total. The molecule has 0 heterocycles. The molecule has 1 aliphatic carbocycles. The van der Waals surface area contributed by atoms with Gasteiger partial charge in [0, 0.05) is 0 Å². The minimum Gasteiger partial charge on any atom is -0.0654 e. The van der Waals surface area contributed by atoms with E-state index in [0.717, 1.165) is 12.8 Å². The zero-order valence-corrected chi connectivity index (χ0v) is 23.7. The van der Waals surface area contributed by atoms with Crippen molar-refractivity contribution in [2.24, 2.45) is 0 Å². The lowest BCUT2D eigenvalue weighted by molar-refractivity contribution is 0.757. The average molecular weight is 487 g/mol. The lowest BCUT2D eigenvalue weighted by Gasteiger charge is -2.35. The standard InChI is InChI=1S/C37H42/c1-7-9-15-29-23-33-34-24-30(16-10-8-2)28(6)22-36(34)37(35(33)21-27(29)5,31-17-11-13-25(3)19-31)32-18-12-14-26(4)20-32/h11-14,17-24H,7-10,15-16H2,1-6H3. The number of unbranched alkanes of at least 4 members (excludes halogenated alkanes) is 2. The molecule has 0 atom stereocenters. The molecule has 4 aromatic rings. The lowest BCUT2D eigenvalue weighted by Crippen LogP contribution is -2.29. The van der Waals surface area contributed by atoms with Crippen molar-refractivity contribution in [1.82, 2.24) is 0 Å². The van der Waals surface area contributed by atoms with Crippen LogP contribution in [0.4, 0.5) is 0 Å². The Hall–Kier alpha value is -3.12. The van der Waals surface area contributed by atoms with Gasteiger partial charge >= 0.3 is 0 Å². The Balaban J connectivity index is 1.91. The highest BCUT2D eigenvalue weighted by molar-refractivity contribution is 5.88. The molecule has 0 amide bonds. The third kappa shape index (κ3) is 4.35. The van der Waals surface area contributed by atoms with Gasteiger partial charge in [0.05, 0.1) is 5.41 Å². The van der Waals surface area contributed by atoms with Gasteiger partial charge in [-0.25, -0.2) is 0 Å². The molecule has 190 valence electrons. The predicted octanol–water partition coefficient (Wildman–Crippen LogP) is 9.97. The highest BCUT2D eigenvalue weighted by Gasteiger charge is 2.46. The van der Waals surface area contributed by atoms with Crippen LogP contribution < -0.4 is 0 Å². The van der Waals surface area contributed by atoms with Crippen LogP contribution in [0.2, 0.25) is 0 Å². The van der Waals surface area contributed by atoms with E-state index in [2.05, 4.69) is 114 Å². The van der Waals surface area contributed by atoms with Gasteiger partial charge in [-0.2, -0.15) is 0 Å². The highest BCUT2D eigenvalue weighted by Crippen LogP contribution is 2.57. The molecular formula is C37H42. The van der Waals surface area contributed by atoms with Crippen molar-refractivity contribution < 1.29 is 0 Å². The molecule has 4 aromatic carbocycles. The van der Waals surface area contributed by atoms with Crippen molar-refractivity contribution in [2.45, 2.75) is 85.5 Å². The van der Waals surface area contributed by atoms with Crippen LogP contribution in [0, 0.1) is 27.7 Å². The van der Waals surface area contributed by atoms with E-state index in [9.17, 15) is 0 Å². The first kappa shape index (κ1) is 25.5. The summed E-state index contributed by atoms with van der Waals surface area (Å²) in [6.45, 7) is 13.7. The van der Waals surface area contributed by atoms with Gasteiger partial charge in [-0.1, -0.05) is 111 Å². The van der Waals surface area contributed by atoms with Gasteiger partial charge in [-0.15, -0.1) is 0 Å². The van der Waals surface area contributed by atoms with E-state index >= 15 is 0 Å². The molecule has 0 aliphatic heterocycles. The zero-order valence-electron chi connectivity index (χ0n) is 23.7. The molecule has 0 radical (unpaired) electrons. The number of aryl methyl sites for hydroxylation is 6. The SMILES string of the molecule is CCCCc1cc2c(cc1C)C(c1cccc(C)c1)(c1cccc(C)c1)c1cc(C)c(CCCC)cc1-2. The molecule has 0 saturated carbocycles. The van der Waals surface area contributed by atoms with Gasteiger partial charge in [0.1, 0.15) is 0 Å². The third-order valence-electron chi connectivity index (χ3n) is 8.55. The van der Waals surface area contributed by atoms with Crippen molar-refractivity contribution in [2.75, 3.05) is 0 Å². The van der Waals surface area contributed by atoms with E-state index in [1.165, 1.54) is 92.4 Å². The van der Waals surface area contributed by atoms with Crippen molar-refractivity contribution in [1.29, 1.82) is 0 Å². The molecule has 0 nitrogen and oxygen atoms in total. The molecule has 1 aliphatic rings. The fourth-order valence-corrected chi connectivity index (χ4v) is 6.54. The van der Waals surface area contributed by atoms with Crippen molar-refractivity contribution in [3.63, 3.8) is 0 Å². The topological polar surface area (TPSA) is 0 Å². The molecule has 0 bridgehead atoms. The summed E-state index contributed by atoms with van der Waals surface area (Å²) in [4.78, 5) is 0. The molecule has 37 heavy (non-hydrogen) atoms. The Labute approximate surface area is 224 Å². The lowest BCUT2D eigenvalue weighted by atomic mass is 9.66. The fraction of sp³-hybridized carbons (Fsp3) is 0.351. The molecule has 0 unspecified atom stereocenters. The van der Waals surface area contributed by atoms with Crippen molar-refractivity contribution in [3.05, 3.63) is 128 Å². The van der Waals surface area contributed by atoms with Gasteiger partial charge in [0.25, 0.3) is 0 Å². The van der Waals surface area contributed by atoms with E-state index < -0.39 is 0 Å². The number of hydrogen-bond acceptors (Lipinski definition) is 0. The summed E-state index contributed by atoms with van der Waals surface area (Å²) in [6.07, 6.45) is 7.24. The first-order valence-electron chi connectivity index (χ1n) is 14.3. The first-order chi connectivity index (χ1) is 17.9. The van der Waals surface area contributed by atoms with Crippen LogP contribution >= 0.6 is 0 Å². The van der Waals surface area contributed by atoms with Crippen LogP contribution in [-0.4, -0.2) is 0 Å². The van der Waals surface area contributed by atoms with E-state index in [0.29, 0.717) is 0 Å². The monoisotopic (exact) mass is 486 g/mol. The average Bonchev–Trinajstić information content (AvgIpc) is 3.14. The molecule has 0 spiro atoms. The summed E-state index contributed by atoms with van der Waals surface area (Å²) in [6, 6.07) is 28.6. The van der Waals surface area contributed by atoms with Gasteiger partial charge in [0.15, 0.2) is 0 Å². The van der Waals surface area contributed by atoms with Crippen LogP contribution in [0.5, 0.6) is 0 Å². The van der Waals surface area contributed by atoms with Crippen LogP contribution in [0.3, 0.4) is 0 Å². The summed E-state index contributed by atoms with van der Waals surface area (Å²) in [5, 5.41) is 0. The molecule has 0 aromatic heterocycles. The largest absolute Gasteiger partial charge is 0.0713 e. The van der Waals surface area contributed by atoms with Crippen LogP contribution in [0.15, 0.2) is 72.8 Å². The summed E-state index contributed by atoms with van der Waals surface area (Å²) in [5.74, 6) is 0. The molecule has 0 fully saturated rings. The Bertz CT molecular complexity index is 1320. The summed E-state index contributed by atoms with van der Waals surface area (Å²) < 4.78 is 0. The number of hydrogen-bond donors (Lipinski definition) is 0. The van der Waals surface area contributed by atoms with Crippen LogP contribution in [0.25, 0.3) is 11.1 Å². The number of fused-ring (bicyclic) bond motifs is 3. The van der Waals surface area contributed by atoms with E-state index in [1.807, 2.05) is 0 Å². The molecule has 5 rings (SSSR count). The maximum absolute atomic E-state index is 2.55. The van der Waals surface area contributed by atoms with Gasteiger partial charge in [-0.3, -0.25) is 0 Å². The van der Waals surface area contributed by atoms with Crippen LogP contribution in [0.1, 0.15) is 95.2 Å². The smallest absolute Gasteiger partial charge is 0.0654 e. The highest BCUT2D eigenvalue weighted by atomic mass is 14.5. The van der Waals surface area contributed by atoms with E-state index in [1.54, 1.807) is 0 Å². The third-order valence-corrected chi connectivity index (χ3v) is 8.55. The maximum Gasteiger partial charge on any atom is 0.0713 e. The number of benzene rings is 4. The second kappa shape index (κ2) is 10.3. The van der Waals surface area contributed by atoms with Crippen molar-refractivity contribution >= 4 is 0 Å². The van der Waals surface area contributed by atoms with Gasteiger partial charge in [-0.05, 0) is 109 Å². The van der Waals surface area contributed by atoms with E-state index in [-0.39, 0.29) is 5.41 Å². The predicted molar refractivity (Wildman–Crippen MR) is 160 cm³/mol. The molecule has 0 saturated heterocycles. The minimum atomic E-state index is -0.315. The van der Waals surface area contributed by atoms with E-state index in [4.69, 9.17) is 0 Å². The normalized spacial score (nSPS) is 13.5. The Kier molecular flexibility index (Phi) is 7.13. The quantitative estimate of drug-likeness (QED) is 0.205. The fourth-order valence-electron chi connectivity index (χ4n) is 6.54. The first-order valence-corrected chi connectivity index (χ1v) is 14.3. The summed E-state index contributed by atoms with van der Waals surface area (Å²) in [7, 11) is 0. The second-order valence-electron chi connectivity index (χ2n) is 11.3. The molecular weight excluding hydrogens is 444 g/mol. The maximum atomic E-state index is 2.55. The number of rotatable bonds is 8. The summed E-state index contributed by atoms with van der Waals surface area (Å²) >= 11 is 0. The zero-order chi connectivity index (χ0) is 26.2.